The predicted molar refractivity (Wildman–Crippen MR) is 110 cm³/mol. The SMILES string of the molecule is Nc1ncnc2c3c(n(-c4ccc(Oc5ccc(Br)cc5)cc4)c12)CCC3. The fourth-order valence-corrected chi connectivity index (χ4v) is 4.05. The van der Waals surface area contributed by atoms with Crippen LogP contribution in [0.1, 0.15) is 17.7 Å². The lowest BCUT2D eigenvalue weighted by atomic mass is 10.2. The summed E-state index contributed by atoms with van der Waals surface area (Å²) in [6, 6.07) is 15.8. The number of rotatable bonds is 3. The van der Waals surface area contributed by atoms with Crippen molar-refractivity contribution in [2.24, 2.45) is 0 Å². The van der Waals surface area contributed by atoms with Crippen LogP contribution in [-0.2, 0) is 12.8 Å². The van der Waals surface area contributed by atoms with Crippen LogP contribution in [0.3, 0.4) is 0 Å². The first-order chi connectivity index (χ1) is 13.2. The maximum Gasteiger partial charge on any atom is 0.151 e. The molecule has 0 aliphatic heterocycles. The quantitative estimate of drug-likeness (QED) is 0.503. The molecule has 2 heterocycles. The number of benzene rings is 2. The van der Waals surface area contributed by atoms with Gasteiger partial charge in [0.05, 0.1) is 5.52 Å². The molecule has 0 saturated heterocycles. The molecule has 4 aromatic rings. The molecule has 0 saturated carbocycles. The Morgan fingerprint density at radius 2 is 1.63 bits per heavy atom. The van der Waals surface area contributed by atoms with E-state index in [0.717, 1.165) is 52.0 Å². The van der Waals surface area contributed by atoms with Crippen LogP contribution < -0.4 is 10.5 Å². The van der Waals surface area contributed by atoms with Crippen LogP contribution in [0.4, 0.5) is 5.82 Å². The molecule has 27 heavy (non-hydrogen) atoms. The Bertz CT molecular complexity index is 1130. The molecule has 2 aromatic carbocycles. The first kappa shape index (κ1) is 16.3. The minimum Gasteiger partial charge on any atom is -0.457 e. The molecule has 0 radical (unpaired) electrons. The Morgan fingerprint density at radius 3 is 2.37 bits per heavy atom. The standard InChI is InChI=1S/C21H17BrN4O/c22-13-4-8-15(9-5-13)27-16-10-6-14(7-11-16)26-18-3-1-2-17(18)19-20(26)21(23)25-12-24-19/h4-12H,1-3H2,(H2,23,24,25). The van der Waals surface area contributed by atoms with Crippen LogP contribution in [-0.4, -0.2) is 14.5 Å². The third-order valence-electron chi connectivity index (χ3n) is 4.96. The highest BCUT2D eigenvalue weighted by Gasteiger charge is 2.24. The second-order valence-electron chi connectivity index (χ2n) is 6.62. The summed E-state index contributed by atoms with van der Waals surface area (Å²) < 4.78 is 9.16. The summed E-state index contributed by atoms with van der Waals surface area (Å²) in [5, 5.41) is 0. The molecule has 2 N–H and O–H groups in total. The van der Waals surface area contributed by atoms with E-state index in [-0.39, 0.29) is 0 Å². The Kier molecular flexibility index (Phi) is 3.86. The summed E-state index contributed by atoms with van der Waals surface area (Å²) in [4.78, 5) is 8.70. The number of nitrogens with zero attached hydrogens (tertiary/aromatic N) is 3. The van der Waals surface area contributed by atoms with E-state index in [1.165, 1.54) is 11.3 Å². The van der Waals surface area contributed by atoms with Gasteiger partial charge in [-0.3, -0.25) is 0 Å². The highest BCUT2D eigenvalue weighted by molar-refractivity contribution is 9.10. The van der Waals surface area contributed by atoms with Crippen molar-refractivity contribution >= 4 is 32.8 Å². The van der Waals surface area contributed by atoms with Gasteiger partial charge in [-0.2, -0.15) is 0 Å². The summed E-state index contributed by atoms with van der Waals surface area (Å²) in [6.45, 7) is 0. The lowest BCUT2D eigenvalue weighted by Gasteiger charge is -2.12. The van der Waals surface area contributed by atoms with Gasteiger partial charge in [-0.1, -0.05) is 15.9 Å². The van der Waals surface area contributed by atoms with Crippen molar-refractivity contribution in [2.75, 3.05) is 5.73 Å². The van der Waals surface area contributed by atoms with Crippen LogP contribution in [0.25, 0.3) is 16.7 Å². The Hall–Kier alpha value is -2.86. The Morgan fingerprint density at radius 1 is 0.926 bits per heavy atom. The van der Waals surface area contributed by atoms with Crippen molar-refractivity contribution in [1.82, 2.24) is 14.5 Å². The average Bonchev–Trinajstić information content (AvgIpc) is 3.26. The van der Waals surface area contributed by atoms with Crippen molar-refractivity contribution < 1.29 is 4.74 Å². The second kappa shape index (κ2) is 6.39. The summed E-state index contributed by atoms with van der Waals surface area (Å²) in [7, 11) is 0. The van der Waals surface area contributed by atoms with E-state index in [1.54, 1.807) is 6.33 Å². The number of fused-ring (bicyclic) bond motifs is 3. The molecule has 0 unspecified atom stereocenters. The van der Waals surface area contributed by atoms with Crippen LogP contribution in [0.2, 0.25) is 0 Å². The molecule has 0 spiro atoms. The largest absolute Gasteiger partial charge is 0.457 e. The summed E-state index contributed by atoms with van der Waals surface area (Å²) in [5.41, 5.74) is 11.7. The van der Waals surface area contributed by atoms with E-state index >= 15 is 0 Å². The van der Waals surface area contributed by atoms with E-state index in [9.17, 15) is 0 Å². The highest BCUT2D eigenvalue weighted by atomic mass is 79.9. The van der Waals surface area contributed by atoms with Crippen molar-refractivity contribution in [3.63, 3.8) is 0 Å². The Labute approximate surface area is 164 Å². The van der Waals surface area contributed by atoms with Gasteiger partial charge in [0, 0.05) is 15.9 Å². The van der Waals surface area contributed by atoms with Gasteiger partial charge < -0.3 is 15.0 Å². The molecule has 0 atom stereocenters. The zero-order valence-corrected chi connectivity index (χ0v) is 16.1. The molecular formula is C21H17BrN4O. The summed E-state index contributed by atoms with van der Waals surface area (Å²) in [6.07, 6.45) is 4.77. The number of ether oxygens (including phenoxy) is 1. The van der Waals surface area contributed by atoms with Crippen molar-refractivity contribution in [3.8, 4) is 17.2 Å². The van der Waals surface area contributed by atoms with Crippen LogP contribution >= 0.6 is 15.9 Å². The summed E-state index contributed by atoms with van der Waals surface area (Å²) in [5.74, 6) is 2.11. The number of hydrogen-bond acceptors (Lipinski definition) is 4. The zero-order chi connectivity index (χ0) is 18.4. The predicted octanol–water partition coefficient (Wildman–Crippen LogP) is 5.05. The first-order valence-corrected chi connectivity index (χ1v) is 9.66. The monoisotopic (exact) mass is 420 g/mol. The number of nitrogen functional groups attached to an aromatic ring is 1. The van der Waals surface area contributed by atoms with E-state index in [2.05, 4.69) is 42.6 Å². The molecule has 2 aromatic heterocycles. The van der Waals surface area contributed by atoms with Gasteiger partial charge in [0.15, 0.2) is 5.82 Å². The van der Waals surface area contributed by atoms with E-state index < -0.39 is 0 Å². The maximum atomic E-state index is 6.20. The van der Waals surface area contributed by atoms with Crippen molar-refractivity contribution in [3.05, 3.63) is 70.6 Å². The van der Waals surface area contributed by atoms with Gasteiger partial charge in [-0.15, -0.1) is 0 Å². The lowest BCUT2D eigenvalue weighted by molar-refractivity contribution is 0.482. The number of anilines is 1. The van der Waals surface area contributed by atoms with Crippen molar-refractivity contribution in [2.45, 2.75) is 19.3 Å². The maximum absolute atomic E-state index is 6.20. The van der Waals surface area contributed by atoms with E-state index in [4.69, 9.17) is 10.5 Å². The fourth-order valence-electron chi connectivity index (χ4n) is 3.79. The number of aryl methyl sites for hydroxylation is 1. The van der Waals surface area contributed by atoms with E-state index in [0.29, 0.717) is 5.82 Å². The van der Waals surface area contributed by atoms with Crippen LogP contribution in [0.5, 0.6) is 11.5 Å². The molecule has 134 valence electrons. The topological polar surface area (TPSA) is 66.0 Å². The van der Waals surface area contributed by atoms with Gasteiger partial charge >= 0.3 is 0 Å². The molecule has 6 heteroatoms. The smallest absolute Gasteiger partial charge is 0.151 e. The van der Waals surface area contributed by atoms with Gasteiger partial charge in [-0.05, 0) is 73.4 Å². The van der Waals surface area contributed by atoms with Gasteiger partial charge in [-0.25, -0.2) is 9.97 Å². The number of halogens is 1. The number of hydrogen-bond donors (Lipinski definition) is 1. The lowest BCUT2D eigenvalue weighted by Crippen LogP contribution is -2.02. The normalized spacial score (nSPS) is 13.1. The molecule has 1 aliphatic rings. The zero-order valence-electron chi connectivity index (χ0n) is 14.5. The summed E-state index contributed by atoms with van der Waals surface area (Å²) >= 11 is 3.43. The van der Waals surface area contributed by atoms with Gasteiger partial charge in [0.25, 0.3) is 0 Å². The van der Waals surface area contributed by atoms with E-state index in [1.807, 2.05) is 36.4 Å². The molecule has 0 bridgehead atoms. The van der Waals surface area contributed by atoms with Crippen molar-refractivity contribution in [1.29, 1.82) is 0 Å². The third-order valence-corrected chi connectivity index (χ3v) is 5.49. The first-order valence-electron chi connectivity index (χ1n) is 8.87. The molecule has 0 fully saturated rings. The highest BCUT2D eigenvalue weighted by Crippen LogP contribution is 2.36. The van der Waals surface area contributed by atoms with Gasteiger partial charge in [0.1, 0.15) is 23.3 Å². The molecule has 5 nitrogen and oxygen atoms in total. The minimum atomic E-state index is 0.518. The van der Waals surface area contributed by atoms with Gasteiger partial charge in [0.2, 0.25) is 0 Å². The minimum absolute atomic E-state index is 0.518. The van der Waals surface area contributed by atoms with Crippen LogP contribution in [0, 0.1) is 0 Å². The fraction of sp³-hybridized carbons (Fsp3) is 0.143. The number of aromatic nitrogens is 3. The third kappa shape index (κ3) is 2.77. The number of nitrogens with two attached hydrogens (primary N) is 1. The second-order valence-corrected chi connectivity index (χ2v) is 7.54. The molecule has 5 rings (SSSR count). The van der Waals surface area contributed by atoms with Crippen LogP contribution in [0.15, 0.2) is 59.3 Å². The Balaban J connectivity index is 1.55. The molecule has 1 aliphatic carbocycles. The molecular weight excluding hydrogens is 404 g/mol. The molecule has 0 amide bonds. The average molecular weight is 421 g/mol.